The Morgan fingerprint density at radius 2 is 2.43 bits per heavy atom. The highest BCUT2D eigenvalue weighted by atomic mass is 35.5. The third-order valence-corrected chi connectivity index (χ3v) is 1.63. The van der Waals surface area contributed by atoms with Crippen LogP contribution < -0.4 is 0 Å². The van der Waals surface area contributed by atoms with E-state index in [0.717, 1.165) is 0 Å². The van der Waals surface area contributed by atoms with Crippen LogP contribution in [0.15, 0.2) is 12.3 Å². The summed E-state index contributed by atoms with van der Waals surface area (Å²) in [5.74, 6) is -0.676. The van der Waals surface area contributed by atoms with Crippen molar-refractivity contribution in [1.82, 2.24) is 9.97 Å². The smallest absolute Gasteiger partial charge is 0.353 e. The van der Waals surface area contributed by atoms with E-state index in [1.54, 1.807) is 6.92 Å². The molecule has 74 valence electrons. The lowest BCUT2D eigenvalue weighted by atomic mass is 10.3. The van der Waals surface area contributed by atoms with E-state index in [1.807, 2.05) is 0 Å². The maximum atomic E-state index is 10.5. The van der Waals surface area contributed by atoms with Crippen LogP contribution in [0.2, 0.25) is 0 Å². The van der Waals surface area contributed by atoms with E-state index < -0.39 is 5.97 Å². The average Bonchev–Trinajstić information content (AvgIpc) is 2.50. The molecule has 0 aliphatic rings. The van der Waals surface area contributed by atoms with Gasteiger partial charge in [0, 0.05) is 0 Å². The van der Waals surface area contributed by atoms with Gasteiger partial charge in [-0.1, -0.05) is 11.6 Å². The Bertz CT molecular complexity index is 408. The van der Waals surface area contributed by atoms with Crippen LogP contribution in [0.3, 0.4) is 0 Å². The Hall–Kier alpha value is -1.62. The molecule has 0 aliphatic carbocycles. The second-order valence-corrected chi connectivity index (χ2v) is 3.03. The first kappa shape index (κ1) is 10.5. The number of nitrogens with one attached hydrogen (secondary N) is 2. The fourth-order valence-electron chi connectivity index (χ4n) is 0.889. The molecule has 0 fully saturated rings. The number of H-pyrrole nitrogens is 1. The molecule has 1 rings (SSSR count). The van der Waals surface area contributed by atoms with Crippen molar-refractivity contribution in [2.24, 2.45) is 0 Å². The average molecular weight is 214 g/mol. The van der Waals surface area contributed by atoms with E-state index in [0.29, 0.717) is 11.4 Å². The van der Waals surface area contributed by atoms with Crippen molar-refractivity contribution in [3.05, 3.63) is 23.8 Å². The number of allylic oxidation sites excluding steroid dienone is 2. The van der Waals surface area contributed by atoms with Crippen molar-refractivity contribution in [1.29, 1.82) is 5.41 Å². The van der Waals surface area contributed by atoms with Gasteiger partial charge in [-0.3, -0.25) is 5.41 Å². The fourth-order valence-corrected chi connectivity index (χ4v) is 1.05. The lowest BCUT2D eigenvalue weighted by molar-refractivity contribution is 0.0691. The van der Waals surface area contributed by atoms with Gasteiger partial charge in [-0.25, -0.2) is 9.78 Å². The molecule has 1 heterocycles. The molecule has 0 amide bonds. The summed E-state index contributed by atoms with van der Waals surface area (Å²) in [6.45, 7) is 1.68. The SMILES string of the molecule is C/C(=C/C(=N)Cl)c1ncc(C(=O)O)[nH]1. The van der Waals surface area contributed by atoms with E-state index in [1.165, 1.54) is 12.3 Å². The summed E-state index contributed by atoms with van der Waals surface area (Å²) in [7, 11) is 0. The number of imidazole rings is 1. The van der Waals surface area contributed by atoms with Gasteiger partial charge in [0.25, 0.3) is 0 Å². The summed E-state index contributed by atoms with van der Waals surface area (Å²) < 4.78 is 0. The highest BCUT2D eigenvalue weighted by molar-refractivity contribution is 6.67. The standard InChI is InChI=1S/C8H8ClN3O2/c1-4(2-6(9)10)7-11-3-5(12-7)8(13)14/h2-3,10H,1H3,(H,11,12)(H,13,14)/b4-2-,10-6?. The van der Waals surface area contributed by atoms with E-state index in [4.69, 9.17) is 22.1 Å². The predicted octanol–water partition coefficient (Wildman–Crippen LogP) is 1.73. The summed E-state index contributed by atoms with van der Waals surface area (Å²) in [6, 6.07) is 0. The van der Waals surface area contributed by atoms with E-state index in [-0.39, 0.29) is 10.9 Å². The molecule has 0 aliphatic heterocycles. The van der Waals surface area contributed by atoms with Crippen LogP contribution in [-0.2, 0) is 0 Å². The van der Waals surface area contributed by atoms with Crippen molar-refractivity contribution < 1.29 is 9.90 Å². The van der Waals surface area contributed by atoms with Gasteiger partial charge in [0.1, 0.15) is 16.7 Å². The summed E-state index contributed by atoms with van der Waals surface area (Å²) in [5, 5.41) is 15.5. The quantitative estimate of drug-likeness (QED) is 0.668. The lowest BCUT2D eigenvalue weighted by Gasteiger charge is -1.93. The minimum Gasteiger partial charge on any atom is -0.477 e. The van der Waals surface area contributed by atoms with Gasteiger partial charge in [0.05, 0.1) is 6.20 Å². The highest BCUT2D eigenvalue weighted by Gasteiger charge is 2.07. The van der Waals surface area contributed by atoms with Crippen molar-refractivity contribution in [2.75, 3.05) is 0 Å². The van der Waals surface area contributed by atoms with Crippen molar-refractivity contribution in [3.63, 3.8) is 0 Å². The molecule has 0 atom stereocenters. The number of hydrogen-bond acceptors (Lipinski definition) is 3. The molecule has 0 radical (unpaired) electrons. The maximum absolute atomic E-state index is 10.5. The molecule has 0 saturated carbocycles. The Balaban J connectivity index is 2.97. The maximum Gasteiger partial charge on any atom is 0.353 e. The molecule has 3 N–H and O–H groups in total. The summed E-state index contributed by atoms with van der Waals surface area (Å²) in [5.41, 5.74) is 0.617. The predicted molar refractivity (Wildman–Crippen MR) is 52.8 cm³/mol. The first-order chi connectivity index (χ1) is 6.50. The van der Waals surface area contributed by atoms with Gasteiger partial charge in [-0.15, -0.1) is 0 Å². The van der Waals surface area contributed by atoms with Crippen molar-refractivity contribution in [2.45, 2.75) is 6.92 Å². The minimum atomic E-state index is -1.07. The van der Waals surface area contributed by atoms with E-state index in [2.05, 4.69) is 9.97 Å². The highest BCUT2D eigenvalue weighted by Crippen LogP contribution is 2.10. The number of carboxylic acids is 1. The molecular formula is C8H8ClN3O2. The molecule has 0 unspecified atom stereocenters. The Labute approximate surface area is 84.9 Å². The number of nitrogens with zero attached hydrogens (tertiary/aromatic N) is 1. The Morgan fingerprint density at radius 1 is 1.79 bits per heavy atom. The number of aromatic carboxylic acids is 1. The number of carbonyl (C=O) groups is 1. The molecule has 5 nitrogen and oxygen atoms in total. The molecule has 0 saturated heterocycles. The minimum absolute atomic E-state index is 0.00820. The zero-order valence-corrected chi connectivity index (χ0v) is 8.09. The Kier molecular flexibility index (Phi) is 3.03. The van der Waals surface area contributed by atoms with Gasteiger partial charge in [-0.05, 0) is 18.6 Å². The molecular weight excluding hydrogens is 206 g/mol. The monoisotopic (exact) mass is 213 g/mol. The zero-order chi connectivity index (χ0) is 10.7. The largest absolute Gasteiger partial charge is 0.477 e. The second-order valence-electron chi connectivity index (χ2n) is 2.63. The van der Waals surface area contributed by atoms with Crippen LogP contribution >= 0.6 is 11.6 Å². The van der Waals surface area contributed by atoms with Crippen molar-refractivity contribution in [3.8, 4) is 0 Å². The first-order valence-corrected chi connectivity index (χ1v) is 4.09. The first-order valence-electron chi connectivity index (χ1n) is 3.71. The van der Waals surface area contributed by atoms with Gasteiger partial charge in [0.2, 0.25) is 0 Å². The van der Waals surface area contributed by atoms with E-state index in [9.17, 15) is 4.79 Å². The molecule has 14 heavy (non-hydrogen) atoms. The van der Waals surface area contributed by atoms with Gasteiger partial charge in [0.15, 0.2) is 0 Å². The lowest BCUT2D eigenvalue weighted by Crippen LogP contribution is -1.96. The second kappa shape index (κ2) is 4.06. The third-order valence-electron chi connectivity index (χ3n) is 1.52. The third kappa shape index (κ3) is 2.43. The molecule has 1 aromatic heterocycles. The van der Waals surface area contributed by atoms with Crippen LogP contribution in [-0.4, -0.2) is 26.2 Å². The number of hydrogen-bond donors (Lipinski definition) is 3. The fraction of sp³-hybridized carbons (Fsp3) is 0.125. The summed E-state index contributed by atoms with van der Waals surface area (Å²) >= 11 is 5.34. The van der Waals surface area contributed by atoms with Gasteiger partial charge >= 0.3 is 5.97 Å². The van der Waals surface area contributed by atoms with E-state index >= 15 is 0 Å². The van der Waals surface area contributed by atoms with Crippen LogP contribution in [0.25, 0.3) is 5.57 Å². The number of halogens is 1. The number of aromatic nitrogens is 2. The molecule has 6 heteroatoms. The van der Waals surface area contributed by atoms with Crippen LogP contribution in [0.4, 0.5) is 0 Å². The van der Waals surface area contributed by atoms with Crippen LogP contribution in [0, 0.1) is 5.41 Å². The normalized spacial score (nSPS) is 11.4. The van der Waals surface area contributed by atoms with Crippen LogP contribution in [0.1, 0.15) is 23.2 Å². The number of carboxylic acid groups (broad SMARTS) is 1. The molecule has 0 spiro atoms. The Morgan fingerprint density at radius 3 is 2.86 bits per heavy atom. The molecule has 0 bridgehead atoms. The summed E-state index contributed by atoms with van der Waals surface area (Å²) in [4.78, 5) is 16.9. The summed E-state index contributed by atoms with van der Waals surface area (Å²) in [6.07, 6.45) is 2.60. The van der Waals surface area contributed by atoms with Gasteiger partial charge < -0.3 is 10.1 Å². The molecule has 0 aromatic carbocycles. The number of aromatic amines is 1. The topological polar surface area (TPSA) is 89.8 Å². The zero-order valence-electron chi connectivity index (χ0n) is 7.34. The van der Waals surface area contributed by atoms with Gasteiger partial charge in [-0.2, -0.15) is 0 Å². The van der Waals surface area contributed by atoms with Crippen LogP contribution in [0.5, 0.6) is 0 Å². The molecule has 1 aromatic rings. The van der Waals surface area contributed by atoms with Crippen molar-refractivity contribution >= 4 is 28.3 Å². The number of rotatable bonds is 3.